The molecule has 0 radical (unpaired) electrons. The zero-order valence-corrected chi connectivity index (χ0v) is 17.2. The highest BCUT2D eigenvalue weighted by molar-refractivity contribution is 7.89. The van der Waals surface area contributed by atoms with Crippen LogP contribution in [0.1, 0.15) is 36.0 Å². The summed E-state index contributed by atoms with van der Waals surface area (Å²) in [5, 5.41) is 0. The molecule has 1 aliphatic carbocycles. The van der Waals surface area contributed by atoms with Crippen LogP contribution in [0.2, 0.25) is 0 Å². The summed E-state index contributed by atoms with van der Waals surface area (Å²) in [5.41, 5.74) is 0.574. The van der Waals surface area contributed by atoms with Crippen molar-refractivity contribution in [1.29, 1.82) is 0 Å². The van der Waals surface area contributed by atoms with E-state index < -0.39 is 10.0 Å². The Labute approximate surface area is 171 Å². The maximum absolute atomic E-state index is 12.8. The second kappa shape index (κ2) is 8.69. The molecule has 7 nitrogen and oxygen atoms in total. The van der Waals surface area contributed by atoms with Gasteiger partial charge in [-0.2, -0.15) is 0 Å². The quantitative estimate of drug-likeness (QED) is 0.807. The lowest BCUT2D eigenvalue weighted by atomic mass is 9.89. The van der Waals surface area contributed by atoms with Gasteiger partial charge in [0.25, 0.3) is 5.91 Å². The summed E-state index contributed by atoms with van der Waals surface area (Å²) >= 11 is 0. The van der Waals surface area contributed by atoms with Crippen molar-refractivity contribution in [2.75, 3.05) is 26.2 Å². The van der Waals surface area contributed by atoms with Crippen molar-refractivity contribution >= 4 is 15.9 Å². The molecule has 1 N–H and O–H groups in total. The number of benzene rings is 1. The number of carbonyl (C=O) groups is 1. The molecule has 29 heavy (non-hydrogen) atoms. The second-order valence-corrected chi connectivity index (χ2v) is 9.45. The van der Waals surface area contributed by atoms with Crippen molar-refractivity contribution in [3.63, 3.8) is 0 Å². The van der Waals surface area contributed by atoms with Gasteiger partial charge in [0.05, 0.1) is 16.7 Å². The van der Waals surface area contributed by atoms with Gasteiger partial charge in [-0.25, -0.2) is 13.1 Å². The highest BCUT2D eigenvalue weighted by Gasteiger charge is 2.35. The van der Waals surface area contributed by atoms with E-state index in [1.807, 2.05) is 11.0 Å². The Hall–Kier alpha value is -2.16. The molecule has 1 amide bonds. The number of nitrogens with one attached hydrogen (secondary N) is 1. The van der Waals surface area contributed by atoms with E-state index in [0.29, 0.717) is 23.5 Å². The van der Waals surface area contributed by atoms with Crippen LogP contribution in [0.3, 0.4) is 0 Å². The van der Waals surface area contributed by atoms with Crippen LogP contribution < -0.4 is 4.72 Å². The fourth-order valence-corrected chi connectivity index (χ4v) is 5.70. The molecule has 8 heteroatoms. The fourth-order valence-electron chi connectivity index (χ4n) is 4.38. The van der Waals surface area contributed by atoms with Gasteiger partial charge < -0.3 is 9.32 Å². The second-order valence-electron chi connectivity index (χ2n) is 7.73. The van der Waals surface area contributed by atoms with E-state index >= 15 is 0 Å². The van der Waals surface area contributed by atoms with Gasteiger partial charge >= 0.3 is 0 Å². The molecule has 1 saturated heterocycles. The van der Waals surface area contributed by atoms with E-state index in [9.17, 15) is 13.2 Å². The molecule has 1 aliphatic heterocycles. The van der Waals surface area contributed by atoms with Gasteiger partial charge in [0.2, 0.25) is 10.0 Å². The molecule has 2 atom stereocenters. The van der Waals surface area contributed by atoms with Gasteiger partial charge in [-0.3, -0.25) is 9.69 Å². The maximum Gasteiger partial charge on any atom is 0.257 e. The van der Waals surface area contributed by atoms with Gasteiger partial charge in [0.15, 0.2) is 0 Å². The average molecular weight is 418 g/mol. The first-order valence-corrected chi connectivity index (χ1v) is 11.7. The van der Waals surface area contributed by atoms with E-state index in [4.69, 9.17) is 4.42 Å². The molecule has 0 bridgehead atoms. The fraction of sp³-hybridized carbons (Fsp3) is 0.476. The topological polar surface area (TPSA) is 82.9 Å². The van der Waals surface area contributed by atoms with Crippen LogP contribution in [0.25, 0.3) is 0 Å². The first-order valence-electron chi connectivity index (χ1n) is 10.2. The molecule has 156 valence electrons. The monoisotopic (exact) mass is 417 g/mol. The molecular formula is C21H27N3O4S. The molecule has 1 saturated carbocycles. The number of sulfonamides is 1. The lowest BCUT2D eigenvalue weighted by Gasteiger charge is -2.44. The minimum Gasteiger partial charge on any atom is -0.472 e. The highest BCUT2D eigenvalue weighted by atomic mass is 32.2. The van der Waals surface area contributed by atoms with Crippen molar-refractivity contribution in [3.8, 4) is 0 Å². The Kier molecular flexibility index (Phi) is 6.03. The predicted molar refractivity (Wildman–Crippen MR) is 109 cm³/mol. The molecule has 2 heterocycles. The molecular weight excluding hydrogens is 390 g/mol. The van der Waals surface area contributed by atoms with Crippen molar-refractivity contribution in [1.82, 2.24) is 14.5 Å². The van der Waals surface area contributed by atoms with Crippen LogP contribution in [0, 0.1) is 0 Å². The van der Waals surface area contributed by atoms with Gasteiger partial charge in [-0.15, -0.1) is 0 Å². The summed E-state index contributed by atoms with van der Waals surface area (Å²) in [6.07, 6.45) is 6.92. The van der Waals surface area contributed by atoms with Crippen LogP contribution in [-0.2, 0) is 10.0 Å². The SMILES string of the molecule is O=C(c1ccoc1)N1CCN([C@H]2CCCC[C@@H]2NS(=O)(=O)c2ccccc2)CC1. The summed E-state index contributed by atoms with van der Waals surface area (Å²) in [6, 6.07) is 10.3. The number of hydrogen-bond acceptors (Lipinski definition) is 5. The lowest BCUT2D eigenvalue weighted by molar-refractivity contribution is 0.0478. The number of piperazine rings is 1. The summed E-state index contributed by atoms with van der Waals surface area (Å²) in [4.78, 5) is 17.0. The van der Waals surface area contributed by atoms with Crippen LogP contribution in [0.15, 0.2) is 58.2 Å². The number of rotatable bonds is 5. The first kappa shape index (κ1) is 20.1. The number of nitrogens with zero attached hydrogens (tertiary/aromatic N) is 2. The summed E-state index contributed by atoms with van der Waals surface area (Å²) in [7, 11) is -3.54. The largest absolute Gasteiger partial charge is 0.472 e. The standard InChI is InChI=1S/C21H27N3O4S/c25-21(17-10-15-28-16-17)24-13-11-23(12-14-24)20-9-5-4-8-19(20)22-29(26,27)18-6-2-1-3-7-18/h1-3,6-7,10,15-16,19-20,22H,4-5,8-9,11-14H2/t19-,20-/m0/s1. The molecule has 2 aromatic rings. The van der Waals surface area contributed by atoms with Crippen LogP contribution >= 0.6 is 0 Å². The Morgan fingerprint density at radius 3 is 2.41 bits per heavy atom. The minimum atomic E-state index is -3.54. The van der Waals surface area contributed by atoms with E-state index in [2.05, 4.69) is 9.62 Å². The average Bonchev–Trinajstić information content (AvgIpc) is 3.29. The van der Waals surface area contributed by atoms with Crippen molar-refractivity contribution in [2.45, 2.75) is 42.7 Å². The normalized spacial score (nSPS) is 23.8. The molecule has 1 aromatic carbocycles. The number of hydrogen-bond donors (Lipinski definition) is 1. The van der Waals surface area contributed by atoms with Gasteiger partial charge in [0, 0.05) is 38.3 Å². The van der Waals surface area contributed by atoms with Crippen molar-refractivity contribution in [2.24, 2.45) is 0 Å². The summed E-state index contributed by atoms with van der Waals surface area (Å²) < 4.78 is 33.6. The van der Waals surface area contributed by atoms with Crippen LogP contribution in [0.5, 0.6) is 0 Å². The van der Waals surface area contributed by atoms with Crippen LogP contribution in [-0.4, -0.2) is 62.4 Å². The van der Waals surface area contributed by atoms with E-state index in [0.717, 1.165) is 38.8 Å². The molecule has 0 unspecified atom stereocenters. The highest BCUT2D eigenvalue weighted by Crippen LogP contribution is 2.26. The first-order chi connectivity index (χ1) is 14.0. The van der Waals surface area contributed by atoms with Gasteiger partial charge in [0.1, 0.15) is 6.26 Å². The third-order valence-corrected chi connectivity index (χ3v) is 7.43. The summed E-state index contributed by atoms with van der Waals surface area (Å²) in [6.45, 7) is 2.77. The van der Waals surface area contributed by atoms with Crippen molar-refractivity contribution in [3.05, 3.63) is 54.5 Å². The summed E-state index contributed by atoms with van der Waals surface area (Å²) in [5.74, 6) is -0.0108. The third kappa shape index (κ3) is 4.55. The maximum atomic E-state index is 12.8. The molecule has 1 aromatic heterocycles. The minimum absolute atomic E-state index is 0.0108. The predicted octanol–water partition coefficient (Wildman–Crippen LogP) is 2.33. The number of amides is 1. The van der Waals surface area contributed by atoms with E-state index in [1.165, 1.54) is 12.5 Å². The molecule has 0 spiro atoms. The smallest absolute Gasteiger partial charge is 0.257 e. The van der Waals surface area contributed by atoms with E-state index in [-0.39, 0.29) is 18.0 Å². The van der Waals surface area contributed by atoms with Crippen molar-refractivity contribution < 1.29 is 17.6 Å². The Morgan fingerprint density at radius 2 is 1.72 bits per heavy atom. The Morgan fingerprint density at radius 1 is 1.00 bits per heavy atom. The Bertz CT molecular complexity index is 907. The van der Waals surface area contributed by atoms with Gasteiger partial charge in [-0.1, -0.05) is 31.0 Å². The zero-order valence-electron chi connectivity index (χ0n) is 16.4. The Balaban J connectivity index is 1.40. The lowest BCUT2D eigenvalue weighted by Crippen LogP contribution is -2.58. The number of furan rings is 1. The number of carbonyl (C=O) groups excluding carboxylic acids is 1. The third-order valence-electron chi connectivity index (χ3n) is 5.93. The molecule has 2 aliphatic rings. The zero-order chi connectivity index (χ0) is 20.3. The van der Waals surface area contributed by atoms with Gasteiger partial charge in [-0.05, 0) is 31.0 Å². The molecule has 4 rings (SSSR count). The van der Waals surface area contributed by atoms with Crippen LogP contribution in [0.4, 0.5) is 0 Å². The van der Waals surface area contributed by atoms with E-state index in [1.54, 1.807) is 30.3 Å². The molecule has 2 fully saturated rings.